The summed E-state index contributed by atoms with van der Waals surface area (Å²) in [6, 6.07) is 0.209. The van der Waals surface area contributed by atoms with Crippen molar-refractivity contribution < 1.29 is 13.2 Å². The molecule has 0 radical (unpaired) electrons. The largest absolute Gasteiger partial charge is 0.337 e. The Morgan fingerprint density at radius 2 is 2.11 bits per heavy atom. The second kappa shape index (κ2) is 4.81. The third-order valence-electron chi connectivity index (χ3n) is 3.87. The number of hydrogen-bond acceptors (Lipinski definition) is 4. The average molecular weight is 274 g/mol. The Labute approximate surface area is 109 Å². The van der Waals surface area contributed by atoms with Crippen LogP contribution in [-0.2, 0) is 14.6 Å². The molecule has 1 heterocycles. The van der Waals surface area contributed by atoms with Gasteiger partial charge in [0.05, 0.1) is 5.75 Å². The van der Waals surface area contributed by atoms with Crippen molar-refractivity contribution >= 4 is 15.7 Å². The lowest BCUT2D eigenvalue weighted by atomic mass is 10.0. The summed E-state index contributed by atoms with van der Waals surface area (Å²) in [5, 5.41) is 3.25. The van der Waals surface area contributed by atoms with Crippen molar-refractivity contribution in [3.63, 3.8) is 0 Å². The highest BCUT2D eigenvalue weighted by molar-refractivity contribution is 7.90. The van der Waals surface area contributed by atoms with Crippen LogP contribution in [0.1, 0.15) is 26.2 Å². The van der Waals surface area contributed by atoms with E-state index in [0.29, 0.717) is 6.42 Å². The van der Waals surface area contributed by atoms with Crippen LogP contribution in [0.3, 0.4) is 0 Å². The number of nitrogens with one attached hydrogen (secondary N) is 1. The van der Waals surface area contributed by atoms with Gasteiger partial charge < -0.3 is 10.2 Å². The van der Waals surface area contributed by atoms with E-state index in [0.717, 1.165) is 32.5 Å². The molecular weight excluding hydrogens is 252 g/mol. The van der Waals surface area contributed by atoms with Crippen LogP contribution < -0.4 is 5.32 Å². The first-order valence-electron chi connectivity index (χ1n) is 6.49. The summed E-state index contributed by atoms with van der Waals surface area (Å²) < 4.78 is 22.7. The number of sulfone groups is 1. The molecule has 1 aliphatic heterocycles. The minimum atomic E-state index is -2.99. The van der Waals surface area contributed by atoms with E-state index in [-0.39, 0.29) is 23.1 Å². The van der Waals surface area contributed by atoms with Crippen LogP contribution in [0.15, 0.2) is 0 Å². The summed E-state index contributed by atoms with van der Waals surface area (Å²) in [5.74, 6) is 0.275. The molecule has 2 rings (SSSR count). The Bertz CT molecular complexity index is 429. The fraction of sp³-hybridized carbons (Fsp3) is 0.917. The summed E-state index contributed by atoms with van der Waals surface area (Å²) in [6.45, 7) is 4.41. The van der Waals surface area contributed by atoms with E-state index in [1.807, 2.05) is 11.8 Å². The molecule has 2 aliphatic rings. The van der Waals surface area contributed by atoms with Crippen molar-refractivity contribution in [1.82, 2.24) is 10.2 Å². The van der Waals surface area contributed by atoms with Crippen LogP contribution in [0.25, 0.3) is 0 Å². The Morgan fingerprint density at radius 1 is 1.44 bits per heavy atom. The molecule has 1 N–H and O–H groups in total. The van der Waals surface area contributed by atoms with Gasteiger partial charge in [-0.3, -0.25) is 4.79 Å². The summed E-state index contributed by atoms with van der Waals surface area (Å²) in [6.07, 6.45) is 3.38. The maximum absolute atomic E-state index is 12.3. The van der Waals surface area contributed by atoms with Crippen LogP contribution >= 0.6 is 0 Å². The lowest BCUT2D eigenvalue weighted by molar-refractivity contribution is -0.135. The summed E-state index contributed by atoms with van der Waals surface area (Å²) in [4.78, 5) is 14.1. The maximum atomic E-state index is 12.3. The van der Waals surface area contributed by atoms with Crippen molar-refractivity contribution in [3.8, 4) is 0 Å². The first kappa shape index (κ1) is 13.8. The number of carbonyl (C=O) groups excluding carboxylic acids is 1. The molecule has 1 atom stereocenters. The topological polar surface area (TPSA) is 66.5 Å². The van der Waals surface area contributed by atoms with E-state index in [1.165, 1.54) is 6.26 Å². The highest BCUT2D eigenvalue weighted by Gasteiger charge is 2.47. The molecule has 0 aromatic carbocycles. The van der Waals surface area contributed by atoms with Crippen LogP contribution in [0.2, 0.25) is 0 Å². The SMILES string of the molecule is C[C@H]1CNCCN1C(=O)CC1(CS(C)(=O)=O)CC1. The average Bonchev–Trinajstić information content (AvgIpc) is 2.95. The minimum Gasteiger partial charge on any atom is -0.337 e. The molecule has 0 spiro atoms. The molecule has 0 aromatic heterocycles. The van der Waals surface area contributed by atoms with Gasteiger partial charge in [0.2, 0.25) is 5.91 Å². The highest BCUT2D eigenvalue weighted by Crippen LogP contribution is 2.50. The van der Waals surface area contributed by atoms with Crippen LogP contribution in [0, 0.1) is 5.41 Å². The zero-order valence-electron chi connectivity index (χ0n) is 11.1. The molecule has 104 valence electrons. The number of piperazine rings is 1. The molecule has 1 saturated carbocycles. The first-order chi connectivity index (χ1) is 8.31. The number of rotatable bonds is 4. The van der Waals surface area contributed by atoms with Gasteiger partial charge in [0.15, 0.2) is 0 Å². The van der Waals surface area contributed by atoms with Gasteiger partial charge in [0.25, 0.3) is 0 Å². The Hall–Kier alpha value is -0.620. The van der Waals surface area contributed by atoms with Crippen molar-refractivity contribution in [2.75, 3.05) is 31.6 Å². The van der Waals surface area contributed by atoms with Gasteiger partial charge >= 0.3 is 0 Å². The Balaban J connectivity index is 1.95. The second-order valence-electron chi connectivity index (χ2n) is 5.89. The van der Waals surface area contributed by atoms with Crippen molar-refractivity contribution in [2.24, 2.45) is 5.41 Å². The monoisotopic (exact) mass is 274 g/mol. The number of amides is 1. The molecular formula is C12H22N2O3S. The fourth-order valence-corrected chi connectivity index (χ4v) is 4.24. The first-order valence-corrected chi connectivity index (χ1v) is 8.55. The van der Waals surface area contributed by atoms with Gasteiger partial charge in [0, 0.05) is 38.4 Å². The highest BCUT2D eigenvalue weighted by atomic mass is 32.2. The molecule has 0 unspecified atom stereocenters. The van der Waals surface area contributed by atoms with E-state index in [4.69, 9.17) is 0 Å². The molecule has 2 fully saturated rings. The number of carbonyl (C=O) groups is 1. The molecule has 1 saturated heterocycles. The normalized spacial score (nSPS) is 27.0. The van der Waals surface area contributed by atoms with Crippen LogP contribution in [0.4, 0.5) is 0 Å². The van der Waals surface area contributed by atoms with Gasteiger partial charge in [-0.05, 0) is 25.2 Å². The Kier molecular flexibility index (Phi) is 3.69. The van der Waals surface area contributed by atoms with Crippen LogP contribution in [0.5, 0.6) is 0 Å². The lowest BCUT2D eigenvalue weighted by Crippen LogP contribution is -2.52. The maximum Gasteiger partial charge on any atom is 0.223 e. The summed E-state index contributed by atoms with van der Waals surface area (Å²) in [7, 11) is -2.99. The van der Waals surface area contributed by atoms with Crippen molar-refractivity contribution in [1.29, 1.82) is 0 Å². The number of nitrogens with zero attached hydrogens (tertiary/aromatic N) is 1. The van der Waals surface area contributed by atoms with E-state index in [1.54, 1.807) is 0 Å². The van der Waals surface area contributed by atoms with Gasteiger partial charge in [-0.2, -0.15) is 0 Å². The van der Waals surface area contributed by atoms with E-state index in [9.17, 15) is 13.2 Å². The lowest BCUT2D eigenvalue weighted by Gasteiger charge is -2.35. The predicted octanol–water partition coefficient (Wildman–Crippen LogP) is 0.0216. The molecule has 6 heteroatoms. The number of hydrogen-bond donors (Lipinski definition) is 1. The van der Waals surface area contributed by atoms with Gasteiger partial charge in [-0.15, -0.1) is 0 Å². The smallest absolute Gasteiger partial charge is 0.223 e. The Morgan fingerprint density at radius 3 is 2.61 bits per heavy atom. The van der Waals surface area contributed by atoms with E-state index < -0.39 is 9.84 Å². The third-order valence-corrected chi connectivity index (χ3v) is 5.01. The van der Waals surface area contributed by atoms with Crippen LogP contribution in [-0.4, -0.2) is 56.9 Å². The zero-order valence-corrected chi connectivity index (χ0v) is 11.9. The molecule has 1 aliphatic carbocycles. The standard InChI is InChI=1S/C12H22N2O3S/c1-10-8-13-5-6-14(10)11(15)7-12(3-4-12)9-18(2,16)17/h10,13H,3-9H2,1-2H3/t10-/m0/s1. The summed E-state index contributed by atoms with van der Waals surface area (Å²) in [5.41, 5.74) is -0.255. The zero-order chi connectivity index (χ0) is 13.4. The molecule has 1 amide bonds. The molecule has 5 nitrogen and oxygen atoms in total. The fourth-order valence-electron chi connectivity index (χ4n) is 2.74. The van der Waals surface area contributed by atoms with Gasteiger partial charge in [-0.1, -0.05) is 0 Å². The summed E-state index contributed by atoms with van der Waals surface area (Å²) >= 11 is 0. The quantitative estimate of drug-likeness (QED) is 0.785. The van der Waals surface area contributed by atoms with Gasteiger partial charge in [0.1, 0.15) is 9.84 Å². The van der Waals surface area contributed by atoms with Gasteiger partial charge in [-0.25, -0.2) is 8.42 Å². The van der Waals surface area contributed by atoms with Crippen molar-refractivity contribution in [2.45, 2.75) is 32.2 Å². The molecule has 0 bridgehead atoms. The predicted molar refractivity (Wildman–Crippen MR) is 70.0 cm³/mol. The minimum absolute atomic E-state index is 0.116. The van der Waals surface area contributed by atoms with E-state index in [2.05, 4.69) is 5.32 Å². The molecule has 18 heavy (non-hydrogen) atoms. The second-order valence-corrected chi connectivity index (χ2v) is 8.03. The van der Waals surface area contributed by atoms with E-state index >= 15 is 0 Å². The third kappa shape index (κ3) is 3.45. The van der Waals surface area contributed by atoms with Crippen molar-refractivity contribution in [3.05, 3.63) is 0 Å². The molecule has 0 aromatic rings.